The number of nitro benzene ring substituents is 1. The van der Waals surface area contributed by atoms with Gasteiger partial charge in [-0.15, -0.1) is 0 Å². The van der Waals surface area contributed by atoms with E-state index in [0.29, 0.717) is 11.3 Å². The third kappa shape index (κ3) is 5.38. The Bertz CT molecular complexity index is 890. The highest BCUT2D eigenvalue weighted by Crippen LogP contribution is 2.25. The Labute approximate surface area is 158 Å². The third-order valence-electron chi connectivity index (χ3n) is 3.43. The van der Waals surface area contributed by atoms with Gasteiger partial charge in [-0.25, -0.2) is 4.39 Å². The first-order valence-electron chi connectivity index (χ1n) is 7.52. The third-order valence-corrected chi connectivity index (χ3v) is 3.75. The number of carbonyl (C=O) groups is 2. The van der Waals surface area contributed by atoms with Gasteiger partial charge in [0.1, 0.15) is 29.7 Å². The number of esters is 1. The predicted octanol–water partition coefficient (Wildman–Crippen LogP) is 2.87. The number of halogens is 2. The van der Waals surface area contributed by atoms with Crippen LogP contribution in [0.1, 0.15) is 15.9 Å². The number of amides is 1. The SMILES string of the molecule is COc1ccc(F)cc1COC(=O)CNC(=O)c1ccc(Cl)c([N+](=O)[O-])c1. The Morgan fingerprint density at radius 2 is 2.00 bits per heavy atom. The maximum absolute atomic E-state index is 13.3. The molecular formula is C17H14ClFN2O6. The largest absolute Gasteiger partial charge is 0.496 e. The summed E-state index contributed by atoms with van der Waals surface area (Å²) in [6.45, 7) is -0.727. The first-order valence-corrected chi connectivity index (χ1v) is 7.89. The van der Waals surface area contributed by atoms with Crippen molar-refractivity contribution >= 4 is 29.2 Å². The first-order chi connectivity index (χ1) is 12.8. The molecule has 142 valence electrons. The van der Waals surface area contributed by atoms with Crippen molar-refractivity contribution in [2.24, 2.45) is 0 Å². The van der Waals surface area contributed by atoms with Gasteiger partial charge < -0.3 is 14.8 Å². The van der Waals surface area contributed by atoms with Gasteiger partial charge in [-0.1, -0.05) is 11.6 Å². The Morgan fingerprint density at radius 3 is 2.67 bits per heavy atom. The second kappa shape index (κ2) is 8.95. The maximum atomic E-state index is 13.3. The van der Waals surface area contributed by atoms with Crippen LogP contribution in [0, 0.1) is 15.9 Å². The Balaban J connectivity index is 1.92. The average molecular weight is 397 g/mol. The Kier molecular flexibility index (Phi) is 6.67. The molecule has 2 aromatic rings. The lowest BCUT2D eigenvalue weighted by atomic mass is 10.2. The summed E-state index contributed by atoms with van der Waals surface area (Å²) in [6, 6.07) is 7.26. The van der Waals surface area contributed by atoms with E-state index in [1.54, 1.807) is 0 Å². The summed E-state index contributed by atoms with van der Waals surface area (Å²) in [5, 5.41) is 13.0. The van der Waals surface area contributed by atoms with E-state index in [-0.39, 0.29) is 17.2 Å². The van der Waals surface area contributed by atoms with Gasteiger partial charge >= 0.3 is 5.97 Å². The van der Waals surface area contributed by atoms with Gasteiger partial charge in [0, 0.05) is 17.2 Å². The van der Waals surface area contributed by atoms with Gasteiger partial charge in [-0.2, -0.15) is 0 Å². The predicted molar refractivity (Wildman–Crippen MR) is 93.2 cm³/mol. The number of nitrogens with zero attached hydrogens (tertiary/aromatic N) is 1. The molecule has 2 rings (SSSR count). The standard InChI is InChI=1S/C17H14ClFN2O6/c1-26-15-5-3-12(19)6-11(15)9-27-16(22)8-20-17(23)10-2-4-13(18)14(7-10)21(24)25/h2-7H,8-9H2,1H3,(H,20,23). The van der Waals surface area contributed by atoms with Crippen molar-refractivity contribution in [3.8, 4) is 5.75 Å². The van der Waals surface area contributed by atoms with Crippen molar-refractivity contribution < 1.29 is 28.4 Å². The minimum Gasteiger partial charge on any atom is -0.496 e. The van der Waals surface area contributed by atoms with E-state index in [1.165, 1.54) is 31.4 Å². The van der Waals surface area contributed by atoms with Crippen molar-refractivity contribution in [3.63, 3.8) is 0 Å². The lowest BCUT2D eigenvalue weighted by Crippen LogP contribution is -2.30. The van der Waals surface area contributed by atoms with Crippen LogP contribution >= 0.6 is 11.6 Å². The molecule has 0 aliphatic carbocycles. The van der Waals surface area contributed by atoms with E-state index in [0.717, 1.165) is 12.1 Å². The molecule has 0 saturated carbocycles. The number of methoxy groups -OCH3 is 1. The molecule has 0 unspecified atom stereocenters. The van der Waals surface area contributed by atoms with Crippen molar-refractivity contribution in [1.29, 1.82) is 0 Å². The molecule has 0 radical (unpaired) electrons. The van der Waals surface area contributed by atoms with Crippen LogP contribution in [0.5, 0.6) is 5.75 Å². The highest BCUT2D eigenvalue weighted by molar-refractivity contribution is 6.32. The lowest BCUT2D eigenvalue weighted by Gasteiger charge is -2.10. The van der Waals surface area contributed by atoms with Gasteiger partial charge in [-0.3, -0.25) is 19.7 Å². The lowest BCUT2D eigenvalue weighted by molar-refractivity contribution is -0.384. The fourth-order valence-electron chi connectivity index (χ4n) is 2.12. The maximum Gasteiger partial charge on any atom is 0.325 e. The molecule has 1 N–H and O–H groups in total. The van der Waals surface area contributed by atoms with Crippen LogP contribution in [0.4, 0.5) is 10.1 Å². The van der Waals surface area contributed by atoms with Crippen molar-refractivity contribution in [1.82, 2.24) is 5.32 Å². The van der Waals surface area contributed by atoms with Crippen LogP contribution < -0.4 is 10.1 Å². The number of nitro groups is 1. The molecule has 0 aliphatic rings. The Hall–Kier alpha value is -3.20. The molecule has 0 aliphatic heterocycles. The van der Waals surface area contributed by atoms with Crippen LogP contribution in [0.3, 0.4) is 0 Å². The first kappa shape index (κ1) is 20.1. The molecule has 0 saturated heterocycles. The molecule has 0 atom stereocenters. The monoisotopic (exact) mass is 396 g/mol. The fourth-order valence-corrected chi connectivity index (χ4v) is 2.30. The second-order valence-corrected chi connectivity index (χ2v) is 5.63. The van der Waals surface area contributed by atoms with Gasteiger partial charge in [-0.05, 0) is 30.3 Å². The van der Waals surface area contributed by atoms with Crippen LogP contribution in [0.15, 0.2) is 36.4 Å². The van der Waals surface area contributed by atoms with E-state index in [2.05, 4.69) is 5.32 Å². The molecule has 8 nitrogen and oxygen atoms in total. The van der Waals surface area contributed by atoms with Crippen molar-refractivity contribution in [2.45, 2.75) is 6.61 Å². The summed E-state index contributed by atoms with van der Waals surface area (Å²) in [4.78, 5) is 33.9. The smallest absolute Gasteiger partial charge is 0.325 e. The zero-order valence-electron chi connectivity index (χ0n) is 14.0. The van der Waals surface area contributed by atoms with E-state index < -0.39 is 34.8 Å². The normalized spacial score (nSPS) is 10.2. The van der Waals surface area contributed by atoms with Gasteiger partial charge in [0.25, 0.3) is 11.6 Å². The van der Waals surface area contributed by atoms with E-state index >= 15 is 0 Å². The molecule has 1 amide bonds. The number of carbonyl (C=O) groups excluding carboxylic acids is 2. The van der Waals surface area contributed by atoms with Crippen LogP contribution in [-0.2, 0) is 16.1 Å². The van der Waals surface area contributed by atoms with Crippen LogP contribution in [0.2, 0.25) is 5.02 Å². The minimum absolute atomic E-state index is 0.0364. The van der Waals surface area contributed by atoms with Crippen LogP contribution in [0.25, 0.3) is 0 Å². The summed E-state index contributed by atoms with van der Waals surface area (Å²) < 4.78 is 23.3. The number of benzene rings is 2. The van der Waals surface area contributed by atoms with Gasteiger partial charge in [0.15, 0.2) is 0 Å². The number of hydrogen-bond donors (Lipinski definition) is 1. The zero-order chi connectivity index (χ0) is 20.0. The summed E-state index contributed by atoms with van der Waals surface area (Å²) in [7, 11) is 1.39. The van der Waals surface area contributed by atoms with Crippen molar-refractivity contribution in [3.05, 3.63) is 68.5 Å². The van der Waals surface area contributed by atoms with E-state index in [1.807, 2.05) is 0 Å². The summed E-state index contributed by atoms with van der Waals surface area (Å²) in [6.07, 6.45) is 0. The molecule has 0 fully saturated rings. The van der Waals surface area contributed by atoms with Crippen LogP contribution in [-0.4, -0.2) is 30.5 Å². The fraction of sp³-hybridized carbons (Fsp3) is 0.176. The Morgan fingerprint density at radius 1 is 1.26 bits per heavy atom. The molecule has 0 bridgehead atoms. The molecule has 0 heterocycles. The molecule has 0 spiro atoms. The summed E-state index contributed by atoms with van der Waals surface area (Å²) >= 11 is 5.67. The zero-order valence-corrected chi connectivity index (χ0v) is 14.8. The molecule has 2 aromatic carbocycles. The summed E-state index contributed by atoms with van der Waals surface area (Å²) in [5.74, 6) is -1.66. The van der Waals surface area contributed by atoms with E-state index in [9.17, 15) is 24.1 Å². The van der Waals surface area contributed by atoms with E-state index in [4.69, 9.17) is 21.1 Å². The average Bonchev–Trinajstić information content (AvgIpc) is 2.64. The molecule has 0 aromatic heterocycles. The highest BCUT2D eigenvalue weighted by Gasteiger charge is 2.17. The number of ether oxygens (including phenoxy) is 2. The number of rotatable bonds is 7. The topological polar surface area (TPSA) is 108 Å². The second-order valence-electron chi connectivity index (χ2n) is 5.22. The quantitative estimate of drug-likeness (QED) is 0.438. The molecular weight excluding hydrogens is 383 g/mol. The highest BCUT2D eigenvalue weighted by atomic mass is 35.5. The minimum atomic E-state index is -0.780. The van der Waals surface area contributed by atoms with Crippen molar-refractivity contribution in [2.75, 3.05) is 13.7 Å². The molecule has 27 heavy (non-hydrogen) atoms. The number of nitrogens with one attached hydrogen (secondary N) is 1. The van der Waals surface area contributed by atoms with Gasteiger partial charge in [0.2, 0.25) is 0 Å². The number of hydrogen-bond acceptors (Lipinski definition) is 6. The molecule has 10 heteroatoms. The summed E-state index contributed by atoms with van der Waals surface area (Å²) in [5.41, 5.74) is -0.138. The van der Waals surface area contributed by atoms with Gasteiger partial charge in [0.05, 0.1) is 12.0 Å².